The van der Waals surface area contributed by atoms with Crippen LogP contribution in [0.4, 0.5) is 0 Å². The lowest BCUT2D eigenvalue weighted by atomic mass is 9.87. The van der Waals surface area contributed by atoms with E-state index in [1.54, 1.807) is 0 Å². The van der Waals surface area contributed by atoms with E-state index in [2.05, 4.69) is 29.6 Å². The molecule has 0 aromatic rings. The fourth-order valence-electron chi connectivity index (χ4n) is 4.44. The van der Waals surface area contributed by atoms with Crippen molar-refractivity contribution in [3.8, 4) is 0 Å². The summed E-state index contributed by atoms with van der Waals surface area (Å²) in [6, 6.07) is 1.18. The zero-order valence-electron chi connectivity index (χ0n) is 14.7. The molecule has 0 amide bonds. The van der Waals surface area contributed by atoms with E-state index in [0.29, 0.717) is 12.1 Å². The molecule has 0 radical (unpaired) electrons. The minimum Gasteiger partial charge on any atom is -0.381 e. The van der Waals surface area contributed by atoms with Crippen LogP contribution in [0.5, 0.6) is 0 Å². The summed E-state index contributed by atoms with van der Waals surface area (Å²) in [6.45, 7) is 5.63. The van der Waals surface area contributed by atoms with Crippen LogP contribution in [0, 0.1) is 5.92 Å². The Kier molecular flexibility index (Phi) is 7.57. The molecule has 0 spiro atoms. The van der Waals surface area contributed by atoms with Crippen molar-refractivity contribution in [1.29, 1.82) is 0 Å². The Labute approximate surface area is 147 Å². The number of rotatable bonds is 5. The molecule has 5 nitrogen and oxygen atoms in total. The summed E-state index contributed by atoms with van der Waals surface area (Å²) in [5.41, 5.74) is 0.266. The van der Waals surface area contributed by atoms with Gasteiger partial charge < -0.3 is 25.0 Å². The lowest BCUT2D eigenvalue weighted by Crippen LogP contribution is -2.58. The maximum Gasteiger partial charge on any atom is 0.0623 e. The lowest BCUT2D eigenvalue weighted by molar-refractivity contribution is -0.00995. The first kappa shape index (κ1) is 19.4. The molecule has 136 valence electrons. The number of nitrogens with one attached hydrogen (secondary N) is 2. The highest BCUT2D eigenvalue weighted by molar-refractivity contribution is 5.85. The largest absolute Gasteiger partial charge is 0.381 e. The number of nitrogens with zero attached hydrogens (tertiary/aromatic N) is 1. The molecule has 1 saturated carbocycles. The average molecular weight is 348 g/mol. The number of hydrogen-bond acceptors (Lipinski definition) is 5. The van der Waals surface area contributed by atoms with E-state index in [4.69, 9.17) is 9.47 Å². The van der Waals surface area contributed by atoms with Crippen molar-refractivity contribution >= 4 is 12.4 Å². The van der Waals surface area contributed by atoms with E-state index < -0.39 is 0 Å². The van der Waals surface area contributed by atoms with Gasteiger partial charge >= 0.3 is 0 Å². The number of likely N-dealkylation sites (N-methyl/N-ethyl adjacent to an activating group) is 1. The van der Waals surface area contributed by atoms with E-state index in [9.17, 15) is 0 Å². The minimum absolute atomic E-state index is 0. The van der Waals surface area contributed by atoms with Crippen molar-refractivity contribution in [3.05, 3.63) is 0 Å². The third kappa shape index (κ3) is 4.59. The minimum atomic E-state index is 0. The Balaban J connectivity index is 0.00000192. The standard InChI is InChI=1S/C17H33N3O2.ClH/c1-20(2)17(6-9-21-10-7-17)13-19-15-5-3-4-14(15)16-12-22-11-8-18-16;/h14-16,18-19H,3-13H2,1-2H3;1H. The number of halogens is 1. The van der Waals surface area contributed by atoms with Crippen LogP contribution in [-0.4, -0.2) is 76.1 Å². The molecule has 6 heteroatoms. The SMILES string of the molecule is CN(C)C1(CNC2CCCC2C2COCCN2)CCOCC1.Cl. The molecular weight excluding hydrogens is 314 g/mol. The summed E-state index contributed by atoms with van der Waals surface area (Å²) < 4.78 is 11.3. The van der Waals surface area contributed by atoms with E-state index in [0.717, 1.165) is 58.3 Å². The van der Waals surface area contributed by atoms with Crippen LogP contribution in [0.3, 0.4) is 0 Å². The summed E-state index contributed by atoms with van der Waals surface area (Å²) in [6.07, 6.45) is 6.25. The first-order chi connectivity index (χ1) is 10.7. The topological polar surface area (TPSA) is 45.8 Å². The van der Waals surface area contributed by atoms with Gasteiger partial charge in [-0.2, -0.15) is 0 Å². The van der Waals surface area contributed by atoms with Gasteiger partial charge in [0.05, 0.1) is 13.2 Å². The van der Waals surface area contributed by atoms with Crippen LogP contribution in [-0.2, 0) is 9.47 Å². The fraction of sp³-hybridized carbons (Fsp3) is 1.00. The second-order valence-corrected chi connectivity index (χ2v) is 7.45. The molecule has 2 aliphatic heterocycles. The van der Waals surface area contributed by atoms with Gasteiger partial charge in [-0.3, -0.25) is 0 Å². The van der Waals surface area contributed by atoms with E-state index in [-0.39, 0.29) is 17.9 Å². The quantitative estimate of drug-likeness (QED) is 0.784. The van der Waals surface area contributed by atoms with Crippen LogP contribution >= 0.6 is 12.4 Å². The molecule has 2 N–H and O–H groups in total. The lowest BCUT2D eigenvalue weighted by Gasteiger charge is -2.44. The van der Waals surface area contributed by atoms with Crippen LogP contribution < -0.4 is 10.6 Å². The highest BCUT2D eigenvalue weighted by Crippen LogP contribution is 2.31. The van der Waals surface area contributed by atoms with Gasteiger partial charge in [0.2, 0.25) is 0 Å². The van der Waals surface area contributed by atoms with Gasteiger partial charge in [0.1, 0.15) is 0 Å². The Morgan fingerprint density at radius 3 is 2.57 bits per heavy atom. The van der Waals surface area contributed by atoms with Gasteiger partial charge in [0.15, 0.2) is 0 Å². The molecule has 3 aliphatic rings. The predicted molar refractivity (Wildman–Crippen MR) is 95.5 cm³/mol. The van der Waals surface area contributed by atoms with E-state index >= 15 is 0 Å². The monoisotopic (exact) mass is 347 g/mol. The molecule has 23 heavy (non-hydrogen) atoms. The first-order valence-electron chi connectivity index (χ1n) is 9.01. The second-order valence-electron chi connectivity index (χ2n) is 7.45. The molecule has 3 rings (SSSR count). The van der Waals surface area contributed by atoms with Crippen molar-refractivity contribution in [2.24, 2.45) is 5.92 Å². The summed E-state index contributed by atoms with van der Waals surface area (Å²) in [5.74, 6) is 0.722. The van der Waals surface area contributed by atoms with E-state index in [1.807, 2.05) is 0 Å². The molecular formula is C17H34ClN3O2. The average Bonchev–Trinajstić information content (AvgIpc) is 3.03. The van der Waals surface area contributed by atoms with Crippen molar-refractivity contribution in [1.82, 2.24) is 15.5 Å². The molecule has 3 atom stereocenters. The maximum atomic E-state index is 5.68. The van der Waals surface area contributed by atoms with E-state index in [1.165, 1.54) is 19.3 Å². The van der Waals surface area contributed by atoms with Crippen molar-refractivity contribution in [2.75, 3.05) is 53.6 Å². The van der Waals surface area contributed by atoms with Gasteiger partial charge in [-0.25, -0.2) is 0 Å². The Bertz CT molecular complexity index is 345. The molecule has 3 unspecified atom stereocenters. The summed E-state index contributed by atoms with van der Waals surface area (Å²) in [4.78, 5) is 2.41. The number of hydrogen-bond donors (Lipinski definition) is 2. The van der Waals surface area contributed by atoms with Crippen LogP contribution in [0.25, 0.3) is 0 Å². The van der Waals surface area contributed by atoms with Gasteiger partial charge in [-0.1, -0.05) is 6.42 Å². The van der Waals surface area contributed by atoms with Crippen molar-refractivity contribution in [2.45, 2.75) is 49.7 Å². The predicted octanol–water partition coefficient (Wildman–Crippen LogP) is 1.27. The summed E-state index contributed by atoms with van der Waals surface area (Å²) in [7, 11) is 4.44. The summed E-state index contributed by atoms with van der Waals surface area (Å²) >= 11 is 0. The number of morpholine rings is 1. The normalized spacial score (nSPS) is 34.3. The molecule has 0 aromatic carbocycles. The Hall–Kier alpha value is 0.0900. The van der Waals surface area contributed by atoms with Crippen molar-refractivity contribution < 1.29 is 9.47 Å². The molecule has 0 bridgehead atoms. The van der Waals surface area contributed by atoms with Gasteiger partial charge in [0, 0.05) is 43.9 Å². The molecule has 2 saturated heterocycles. The first-order valence-corrected chi connectivity index (χ1v) is 9.01. The Morgan fingerprint density at radius 2 is 1.91 bits per heavy atom. The summed E-state index contributed by atoms with van der Waals surface area (Å²) in [5, 5.41) is 7.59. The van der Waals surface area contributed by atoms with Crippen molar-refractivity contribution in [3.63, 3.8) is 0 Å². The highest BCUT2D eigenvalue weighted by atomic mass is 35.5. The number of ether oxygens (including phenoxy) is 2. The third-order valence-corrected chi connectivity index (χ3v) is 6.10. The highest BCUT2D eigenvalue weighted by Gasteiger charge is 2.38. The van der Waals surface area contributed by atoms with Gasteiger partial charge in [-0.15, -0.1) is 12.4 Å². The molecule has 0 aromatic heterocycles. The molecule has 2 heterocycles. The third-order valence-electron chi connectivity index (χ3n) is 6.10. The fourth-order valence-corrected chi connectivity index (χ4v) is 4.44. The zero-order valence-corrected chi connectivity index (χ0v) is 15.5. The van der Waals surface area contributed by atoms with Crippen LogP contribution in [0.1, 0.15) is 32.1 Å². The van der Waals surface area contributed by atoms with Crippen LogP contribution in [0.2, 0.25) is 0 Å². The maximum absolute atomic E-state index is 5.68. The smallest absolute Gasteiger partial charge is 0.0623 e. The zero-order chi connectivity index (χ0) is 15.4. The molecule has 3 fully saturated rings. The molecule has 1 aliphatic carbocycles. The van der Waals surface area contributed by atoms with Gasteiger partial charge in [-0.05, 0) is 45.7 Å². The van der Waals surface area contributed by atoms with Gasteiger partial charge in [0.25, 0.3) is 0 Å². The second kappa shape index (κ2) is 8.97. The van der Waals surface area contributed by atoms with Crippen LogP contribution in [0.15, 0.2) is 0 Å². The Morgan fingerprint density at radius 1 is 1.13 bits per heavy atom.